The molecule has 71 heavy (non-hydrogen) atoms. The van der Waals surface area contributed by atoms with E-state index in [9.17, 15) is 39.0 Å². The Balaban J connectivity index is 1.69. The molecule has 17 heteroatoms. The third kappa shape index (κ3) is 16.2. The maximum Gasteiger partial charge on any atom is 0.408 e. The number of amides is 2. The van der Waals surface area contributed by atoms with E-state index >= 15 is 0 Å². The number of hydrogen-bond acceptors (Lipinski definition) is 15. The SMILES string of the molecule is COC1CC2CC[C@@H](C)[C@@](O)(O2)C(=O)C(=O)N2CCCC[C@H]2C(=O)OC(C(C)CC2CC[C@@H](OC(=O)NCC#N)C(OC)C2)CC(=O)C(C)/C=C(\C)[C@@H](O)C(OC)C(=O)[C@H](C)CC(C)/C=C/C=C/C=C/1C. The second-order valence-corrected chi connectivity index (χ2v) is 20.5. The molecule has 2 saturated heterocycles. The molecule has 0 spiro atoms. The zero-order chi connectivity index (χ0) is 52.6. The minimum atomic E-state index is -2.46. The van der Waals surface area contributed by atoms with Crippen LogP contribution in [0.2, 0.25) is 0 Å². The number of piperidine rings is 1. The van der Waals surface area contributed by atoms with Crippen molar-refractivity contribution in [2.24, 2.45) is 35.5 Å². The van der Waals surface area contributed by atoms with E-state index in [1.165, 1.54) is 19.1 Å². The lowest BCUT2D eigenvalue weighted by molar-refractivity contribution is -0.265. The number of aliphatic hydroxyl groups excluding tert-OH is 1. The number of nitrogens with one attached hydrogen (secondary N) is 1. The number of ether oxygens (including phenoxy) is 6. The van der Waals surface area contributed by atoms with Gasteiger partial charge in [0.1, 0.15) is 42.8 Å². The van der Waals surface area contributed by atoms with E-state index in [-0.39, 0.29) is 49.3 Å². The lowest BCUT2D eigenvalue weighted by Crippen LogP contribution is -2.61. The number of hydrogen-bond donors (Lipinski definition) is 3. The largest absolute Gasteiger partial charge is 0.460 e. The lowest BCUT2D eigenvalue weighted by atomic mass is 9.78. The number of nitrogens with zero attached hydrogens (tertiary/aromatic N) is 2. The number of carbonyl (C=O) groups is 6. The van der Waals surface area contributed by atoms with Gasteiger partial charge in [0.2, 0.25) is 5.79 Å². The van der Waals surface area contributed by atoms with Gasteiger partial charge in [0.15, 0.2) is 5.78 Å². The Kier molecular flexibility index (Phi) is 23.3. The molecule has 2 amide bonds. The molecule has 1 saturated carbocycles. The van der Waals surface area contributed by atoms with Crippen LogP contribution in [0.3, 0.4) is 0 Å². The average Bonchev–Trinajstić information content (AvgIpc) is 3.35. The minimum absolute atomic E-state index is 0.000744. The van der Waals surface area contributed by atoms with Crippen LogP contribution in [0, 0.1) is 46.8 Å². The highest BCUT2D eigenvalue weighted by atomic mass is 16.6. The highest BCUT2D eigenvalue weighted by Gasteiger charge is 2.53. The molecule has 15 atom stereocenters. The van der Waals surface area contributed by atoms with Gasteiger partial charge >= 0.3 is 12.1 Å². The zero-order valence-corrected chi connectivity index (χ0v) is 43.6. The zero-order valence-electron chi connectivity index (χ0n) is 43.6. The van der Waals surface area contributed by atoms with Gasteiger partial charge in [-0.25, -0.2) is 9.59 Å². The Morgan fingerprint density at radius 1 is 0.915 bits per heavy atom. The molecule has 0 aromatic heterocycles. The Hall–Kier alpha value is -4.57. The van der Waals surface area contributed by atoms with Gasteiger partial charge in [-0.15, -0.1) is 0 Å². The number of fused-ring (bicyclic) bond motifs is 3. The van der Waals surface area contributed by atoms with E-state index in [4.69, 9.17) is 33.7 Å². The molecule has 4 rings (SSSR count). The number of Topliss-reactive ketones (excluding diaryl/α,β-unsaturated/α-hetero) is 3. The van der Waals surface area contributed by atoms with Gasteiger partial charge in [-0.1, -0.05) is 71.1 Å². The van der Waals surface area contributed by atoms with Crippen LogP contribution < -0.4 is 5.32 Å². The Labute approximate surface area is 420 Å². The fraction of sp³-hybridized carbons (Fsp3) is 0.722. The molecule has 0 aromatic carbocycles. The molecule has 4 aliphatic rings. The molecule has 3 fully saturated rings. The Morgan fingerprint density at radius 2 is 1.65 bits per heavy atom. The highest BCUT2D eigenvalue weighted by molar-refractivity contribution is 6.39. The third-order valence-electron chi connectivity index (χ3n) is 15.0. The summed E-state index contributed by atoms with van der Waals surface area (Å²) in [6, 6.07) is 0.657. The third-order valence-corrected chi connectivity index (χ3v) is 15.0. The van der Waals surface area contributed by atoms with Crippen LogP contribution in [-0.2, 0) is 52.4 Å². The van der Waals surface area contributed by atoms with Crippen molar-refractivity contribution in [3.05, 3.63) is 47.6 Å². The van der Waals surface area contributed by atoms with E-state index in [2.05, 4.69) is 5.32 Å². The number of rotatable bonds is 8. The first-order chi connectivity index (χ1) is 33.7. The Bertz CT molecular complexity index is 2010. The van der Waals surface area contributed by atoms with Crippen molar-refractivity contribution >= 4 is 35.3 Å². The van der Waals surface area contributed by atoms with Crippen molar-refractivity contribution in [3.8, 4) is 6.07 Å². The summed E-state index contributed by atoms with van der Waals surface area (Å²) in [6.07, 6.45) is 9.52. The predicted molar refractivity (Wildman–Crippen MR) is 263 cm³/mol. The van der Waals surface area contributed by atoms with Crippen molar-refractivity contribution in [3.63, 3.8) is 0 Å². The number of nitriles is 1. The van der Waals surface area contributed by atoms with E-state index in [1.54, 1.807) is 40.9 Å². The summed E-state index contributed by atoms with van der Waals surface area (Å²) in [5.41, 5.74) is 1.22. The van der Waals surface area contributed by atoms with Gasteiger partial charge in [-0.05, 0) is 107 Å². The molecule has 2 bridgehead atoms. The molecule has 1 aliphatic carbocycles. The standard InChI is InChI=1S/C54H81N3O14/c1-32-16-12-11-13-17-33(2)44(66-8)30-40-21-19-38(7)54(65,71-40)50(61)51(62)57-25-15-14-18-41(57)52(63)69-45(31-42(58)34(3)27-37(6)48(60)49(68-10)47(59)36(5)26-32)35(4)28-39-20-22-43(46(29-39)67-9)70-53(64)56-24-23-55/h11-13,16-17,27,32,34-36,38-41,43-46,48-49,60,65H,14-15,18-22,24-26,28-31H2,1-10H3,(H,56,64)/b13-11+,16-12+,33-17+,37-27+/t32?,34?,35?,36-,38-,39?,40?,41+,43-,44?,45?,46?,48-,49?,54-/m1/s1. The first-order valence-corrected chi connectivity index (χ1v) is 25.5. The smallest absolute Gasteiger partial charge is 0.408 e. The topological polar surface area (TPSA) is 237 Å². The number of esters is 1. The summed E-state index contributed by atoms with van der Waals surface area (Å²) in [5.74, 6) is -8.46. The minimum Gasteiger partial charge on any atom is -0.460 e. The first-order valence-electron chi connectivity index (χ1n) is 25.5. The van der Waals surface area contributed by atoms with Crippen molar-refractivity contribution in [1.82, 2.24) is 10.2 Å². The van der Waals surface area contributed by atoms with E-state index in [1.807, 2.05) is 57.2 Å². The number of ketones is 3. The van der Waals surface area contributed by atoms with Crippen LogP contribution >= 0.6 is 0 Å². The van der Waals surface area contributed by atoms with Gasteiger partial charge in [-0.2, -0.15) is 5.26 Å². The summed E-state index contributed by atoms with van der Waals surface area (Å²) < 4.78 is 35.2. The molecule has 17 nitrogen and oxygen atoms in total. The summed E-state index contributed by atoms with van der Waals surface area (Å²) in [5, 5.41) is 34.7. The van der Waals surface area contributed by atoms with Crippen LogP contribution in [-0.4, -0.2) is 139 Å². The fourth-order valence-corrected chi connectivity index (χ4v) is 10.5. The molecule has 3 aliphatic heterocycles. The van der Waals surface area contributed by atoms with Crippen LogP contribution in [0.5, 0.6) is 0 Å². The van der Waals surface area contributed by atoms with Crippen LogP contribution in [0.4, 0.5) is 4.79 Å². The van der Waals surface area contributed by atoms with Gasteiger partial charge in [0.05, 0.1) is 24.4 Å². The van der Waals surface area contributed by atoms with Crippen LogP contribution in [0.15, 0.2) is 47.6 Å². The van der Waals surface area contributed by atoms with Gasteiger partial charge in [0.25, 0.3) is 11.7 Å². The van der Waals surface area contributed by atoms with Gasteiger partial charge in [-0.3, -0.25) is 19.2 Å². The Morgan fingerprint density at radius 3 is 2.32 bits per heavy atom. The highest BCUT2D eigenvalue weighted by Crippen LogP contribution is 2.38. The average molecular weight is 996 g/mol. The molecular weight excluding hydrogens is 915 g/mol. The molecule has 3 heterocycles. The number of aliphatic hydroxyl groups is 2. The summed E-state index contributed by atoms with van der Waals surface area (Å²) in [7, 11) is 4.46. The quantitative estimate of drug-likeness (QED) is 0.103. The summed E-state index contributed by atoms with van der Waals surface area (Å²) >= 11 is 0. The predicted octanol–water partition coefficient (Wildman–Crippen LogP) is 6.44. The number of cyclic esters (lactones) is 1. The second kappa shape index (κ2) is 28.0. The number of methoxy groups -OCH3 is 3. The van der Waals surface area contributed by atoms with Gasteiger partial charge in [0, 0.05) is 58.5 Å². The number of carbonyl (C=O) groups excluding carboxylic acids is 6. The monoisotopic (exact) mass is 996 g/mol. The van der Waals surface area contributed by atoms with Gasteiger partial charge < -0.3 is 48.9 Å². The van der Waals surface area contributed by atoms with Crippen LogP contribution in [0.25, 0.3) is 0 Å². The van der Waals surface area contributed by atoms with E-state index in [0.717, 1.165) is 5.57 Å². The maximum atomic E-state index is 14.5. The summed E-state index contributed by atoms with van der Waals surface area (Å²) in [6.45, 7) is 12.4. The van der Waals surface area contributed by atoms with Crippen molar-refractivity contribution in [1.29, 1.82) is 5.26 Å². The second-order valence-electron chi connectivity index (χ2n) is 20.5. The molecule has 0 aromatic rings. The number of allylic oxidation sites excluding steroid dienone is 6. The lowest BCUT2D eigenvalue weighted by Gasteiger charge is -2.42. The number of alkyl carbamates (subject to hydrolysis) is 1. The van der Waals surface area contributed by atoms with Crippen molar-refractivity contribution in [2.75, 3.05) is 34.4 Å². The maximum absolute atomic E-state index is 14.5. The fourth-order valence-electron chi connectivity index (χ4n) is 10.5. The molecule has 3 N–H and O–H groups in total. The normalized spacial score (nSPS) is 37.7. The van der Waals surface area contributed by atoms with E-state index in [0.29, 0.717) is 69.8 Å². The first kappa shape index (κ1) is 59.0. The molecule has 0 radical (unpaired) electrons. The summed E-state index contributed by atoms with van der Waals surface area (Å²) in [4.78, 5) is 84.6. The van der Waals surface area contributed by atoms with Crippen molar-refractivity contribution in [2.45, 2.75) is 180 Å². The van der Waals surface area contributed by atoms with Crippen molar-refractivity contribution < 1.29 is 67.4 Å². The van der Waals surface area contributed by atoms with E-state index < -0.39 is 102 Å². The van der Waals surface area contributed by atoms with Crippen LogP contribution in [0.1, 0.15) is 126 Å². The molecule has 396 valence electrons. The molecule has 9 unspecified atom stereocenters. The molecular formula is C54H81N3O14.